The summed E-state index contributed by atoms with van der Waals surface area (Å²) in [5.74, 6) is 2.69. The Balaban J connectivity index is 1.80. The van der Waals surface area contributed by atoms with Crippen LogP contribution in [0.3, 0.4) is 0 Å². The van der Waals surface area contributed by atoms with Crippen molar-refractivity contribution in [3.63, 3.8) is 0 Å². The second kappa shape index (κ2) is 5.81. The van der Waals surface area contributed by atoms with E-state index in [9.17, 15) is 0 Å². The Morgan fingerprint density at radius 3 is 2.50 bits per heavy atom. The van der Waals surface area contributed by atoms with Crippen molar-refractivity contribution in [3.8, 4) is 0 Å². The summed E-state index contributed by atoms with van der Waals surface area (Å²) in [6, 6.07) is 4.82. The van der Waals surface area contributed by atoms with Gasteiger partial charge in [0.15, 0.2) is 0 Å². The molecule has 1 saturated heterocycles. The van der Waals surface area contributed by atoms with Crippen molar-refractivity contribution in [1.82, 2.24) is 5.32 Å². The summed E-state index contributed by atoms with van der Waals surface area (Å²) in [6.07, 6.45) is 7.21. The second-order valence-corrected chi connectivity index (χ2v) is 8.88. The molecule has 20 heavy (non-hydrogen) atoms. The average Bonchev–Trinajstić information content (AvgIpc) is 3.10. The lowest BCUT2D eigenvalue weighted by molar-refractivity contribution is 0.233. The molecule has 1 aromatic heterocycles. The van der Waals surface area contributed by atoms with E-state index in [-0.39, 0.29) is 0 Å². The number of thiophene rings is 1. The van der Waals surface area contributed by atoms with Gasteiger partial charge in [0.1, 0.15) is 0 Å². The third-order valence-electron chi connectivity index (χ3n) is 5.27. The van der Waals surface area contributed by atoms with Gasteiger partial charge in [0, 0.05) is 9.75 Å². The monoisotopic (exact) mass is 291 g/mol. The number of piperidine rings is 1. The van der Waals surface area contributed by atoms with Crippen molar-refractivity contribution in [2.75, 3.05) is 13.1 Å². The lowest BCUT2D eigenvalue weighted by Gasteiger charge is -2.36. The van der Waals surface area contributed by atoms with Crippen molar-refractivity contribution < 1.29 is 0 Å². The number of hydrogen-bond acceptors (Lipinski definition) is 2. The minimum absolute atomic E-state index is 0.304. The zero-order valence-corrected chi connectivity index (χ0v) is 14.1. The molecule has 0 spiro atoms. The Kier molecular flexibility index (Phi) is 4.24. The molecule has 1 aliphatic carbocycles. The van der Waals surface area contributed by atoms with E-state index >= 15 is 0 Å². The summed E-state index contributed by atoms with van der Waals surface area (Å²) in [5, 5.41) is 3.65. The molecule has 112 valence electrons. The first-order valence-electron chi connectivity index (χ1n) is 8.36. The summed E-state index contributed by atoms with van der Waals surface area (Å²) in [6.45, 7) is 9.45. The minimum atomic E-state index is 0.304. The van der Waals surface area contributed by atoms with Crippen LogP contribution in [0.25, 0.3) is 0 Å². The maximum Gasteiger partial charge on any atom is 0.0102 e. The van der Waals surface area contributed by atoms with Crippen LogP contribution in [0.1, 0.15) is 68.5 Å². The summed E-state index contributed by atoms with van der Waals surface area (Å²) in [5.41, 5.74) is 0.304. The fraction of sp³-hybridized carbons (Fsp3) is 0.778. The molecule has 2 atom stereocenters. The molecule has 1 N–H and O–H groups in total. The smallest absolute Gasteiger partial charge is 0.0102 e. The molecule has 1 aromatic rings. The van der Waals surface area contributed by atoms with Crippen molar-refractivity contribution in [1.29, 1.82) is 0 Å². The van der Waals surface area contributed by atoms with Gasteiger partial charge in [-0.3, -0.25) is 0 Å². The number of nitrogens with one attached hydrogen (secondary N) is 1. The van der Waals surface area contributed by atoms with Crippen LogP contribution in [-0.4, -0.2) is 13.1 Å². The van der Waals surface area contributed by atoms with Crippen LogP contribution < -0.4 is 5.32 Å². The molecular weight excluding hydrogens is 262 g/mol. The van der Waals surface area contributed by atoms with Gasteiger partial charge in [-0.2, -0.15) is 0 Å². The highest BCUT2D eigenvalue weighted by molar-refractivity contribution is 7.12. The van der Waals surface area contributed by atoms with E-state index in [0.717, 1.165) is 17.8 Å². The summed E-state index contributed by atoms with van der Waals surface area (Å²) in [4.78, 5) is 3.21. The molecular formula is C18H29NS. The van der Waals surface area contributed by atoms with E-state index in [0.29, 0.717) is 5.41 Å². The van der Waals surface area contributed by atoms with Gasteiger partial charge in [0.05, 0.1) is 0 Å². The summed E-state index contributed by atoms with van der Waals surface area (Å²) in [7, 11) is 0. The lowest BCUT2D eigenvalue weighted by atomic mass is 9.76. The van der Waals surface area contributed by atoms with Crippen LogP contribution in [0.15, 0.2) is 12.1 Å². The van der Waals surface area contributed by atoms with E-state index in [1.807, 2.05) is 0 Å². The topological polar surface area (TPSA) is 12.0 Å². The quantitative estimate of drug-likeness (QED) is 0.814. The Bertz CT molecular complexity index is 437. The van der Waals surface area contributed by atoms with Crippen LogP contribution in [0, 0.1) is 11.8 Å². The SMILES string of the molecule is CC(C)(C)c1ccc(C2CCNCC2C2CCCC2)s1. The molecule has 0 bridgehead atoms. The lowest BCUT2D eigenvalue weighted by Crippen LogP contribution is -2.38. The predicted octanol–water partition coefficient (Wildman–Crippen LogP) is 4.93. The molecule has 2 unspecified atom stereocenters. The van der Waals surface area contributed by atoms with Crippen LogP contribution in [0.2, 0.25) is 0 Å². The van der Waals surface area contributed by atoms with Gasteiger partial charge in [-0.1, -0.05) is 46.5 Å². The highest BCUT2D eigenvalue weighted by atomic mass is 32.1. The summed E-state index contributed by atoms with van der Waals surface area (Å²) < 4.78 is 0. The number of hydrogen-bond donors (Lipinski definition) is 1. The normalized spacial score (nSPS) is 28.9. The van der Waals surface area contributed by atoms with Gasteiger partial charge in [0.25, 0.3) is 0 Å². The van der Waals surface area contributed by atoms with Crippen LogP contribution >= 0.6 is 11.3 Å². The standard InChI is InChI=1S/C18H29NS/c1-18(2,3)17-9-8-16(20-17)14-10-11-19-12-15(14)13-6-4-5-7-13/h8-9,13-15,19H,4-7,10-12H2,1-3H3. The molecule has 1 aliphatic heterocycles. The highest BCUT2D eigenvalue weighted by Gasteiger charge is 2.35. The predicted molar refractivity (Wildman–Crippen MR) is 88.7 cm³/mol. The van der Waals surface area contributed by atoms with Gasteiger partial charge >= 0.3 is 0 Å². The van der Waals surface area contributed by atoms with Gasteiger partial charge in [-0.05, 0) is 54.8 Å². The first kappa shape index (κ1) is 14.6. The van der Waals surface area contributed by atoms with Gasteiger partial charge in [0.2, 0.25) is 0 Å². The van der Waals surface area contributed by atoms with Crippen molar-refractivity contribution in [3.05, 3.63) is 21.9 Å². The van der Waals surface area contributed by atoms with Crippen LogP contribution in [0.5, 0.6) is 0 Å². The Morgan fingerprint density at radius 2 is 1.85 bits per heavy atom. The average molecular weight is 292 g/mol. The largest absolute Gasteiger partial charge is 0.316 e. The Labute approximate surface area is 128 Å². The first-order chi connectivity index (χ1) is 9.55. The zero-order valence-electron chi connectivity index (χ0n) is 13.2. The summed E-state index contributed by atoms with van der Waals surface area (Å²) >= 11 is 2.08. The van der Waals surface area contributed by atoms with Crippen LogP contribution in [0.4, 0.5) is 0 Å². The van der Waals surface area contributed by atoms with Gasteiger partial charge in [-0.15, -0.1) is 11.3 Å². The molecule has 1 saturated carbocycles. The van der Waals surface area contributed by atoms with Crippen molar-refractivity contribution in [2.24, 2.45) is 11.8 Å². The van der Waals surface area contributed by atoms with Gasteiger partial charge in [-0.25, -0.2) is 0 Å². The van der Waals surface area contributed by atoms with E-state index in [1.54, 1.807) is 9.75 Å². The van der Waals surface area contributed by atoms with Crippen molar-refractivity contribution >= 4 is 11.3 Å². The molecule has 3 rings (SSSR count). The van der Waals surface area contributed by atoms with E-state index in [4.69, 9.17) is 0 Å². The fourth-order valence-electron chi connectivity index (χ4n) is 4.07. The molecule has 2 heterocycles. The Morgan fingerprint density at radius 1 is 1.10 bits per heavy atom. The molecule has 0 radical (unpaired) electrons. The second-order valence-electron chi connectivity index (χ2n) is 7.76. The molecule has 2 aliphatic rings. The van der Waals surface area contributed by atoms with Gasteiger partial charge < -0.3 is 5.32 Å². The third kappa shape index (κ3) is 2.96. The first-order valence-corrected chi connectivity index (χ1v) is 9.18. The Hall–Kier alpha value is -0.340. The maximum atomic E-state index is 3.65. The third-order valence-corrected chi connectivity index (χ3v) is 6.91. The molecule has 2 heteroatoms. The fourth-order valence-corrected chi connectivity index (χ4v) is 5.35. The zero-order chi connectivity index (χ0) is 14.2. The maximum absolute atomic E-state index is 3.65. The molecule has 2 fully saturated rings. The van der Waals surface area contributed by atoms with Crippen LogP contribution in [-0.2, 0) is 5.41 Å². The molecule has 1 nitrogen and oxygen atoms in total. The van der Waals surface area contributed by atoms with Crippen molar-refractivity contribution in [2.45, 2.75) is 64.2 Å². The van der Waals surface area contributed by atoms with E-state index in [1.165, 1.54) is 45.2 Å². The van der Waals surface area contributed by atoms with E-state index < -0.39 is 0 Å². The highest BCUT2D eigenvalue weighted by Crippen LogP contribution is 2.44. The van der Waals surface area contributed by atoms with E-state index in [2.05, 4.69) is 49.6 Å². The molecule has 0 aromatic carbocycles. The minimum Gasteiger partial charge on any atom is -0.316 e. The number of rotatable bonds is 2. The molecule has 0 amide bonds.